The number of aliphatic hydroxyl groups is 2. The number of nitriles is 1. The molecule has 25 heavy (non-hydrogen) atoms. The number of aliphatic hydroxyl groups excluding tert-OH is 2. The number of ether oxygens (including phenoxy) is 1. The maximum atomic E-state index is 10.0. The van der Waals surface area contributed by atoms with Crippen LogP contribution in [0.25, 0.3) is 17.0 Å². The van der Waals surface area contributed by atoms with Gasteiger partial charge in [0.2, 0.25) is 0 Å². The fourth-order valence-electron chi connectivity index (χ4n) is 3.71. The molecular formula is C20H18N2O3. The summed E-state index contributed by atoms with van der Waals surface area (Å²) in [6, 6.07) is 10.2. The van der Waals surface area contributed by atoms with Gasteiger partial charge in [0.1, 0.15) is 12.4 Å². The molecule has 5 nitrogen and oxygen atoms in total. The fourth-order valence-corrected chi connectivity index (χ4v) is 3.71. The third-order valence-corrected chi connectivity index (χ3v) is 4.81. The van der Waals surface area contributed by atoms with Crippen molar-refractivity contribution in [2.45, 2.75) is 25.5 Å². The zero-order chi connectivity index (χ0) is 17.4. The minimum absolute atomic E-state index is 0.114. The highest BCUT2D eigenvalue weighted by molar-refractivity contribution is 5.92. The molecule has 1 atom stereocenters. The Morgan fingerprint density at radius 3 is 2.92 bits per heavy atom. The smallest absolute Gasteiger partial charge is 0.183 e. The van der Waals surface area contributed by atoms with E-state index in [9.17, 15) is 10.2 Å². The molecule has 2 aromatic rings. The normalized spacial score (nSPS) is 19.8. The molecule has 0 fully saturated rings. The summed E-state index contributed by atoms with van der Waals surface area (Å²) in [5, 5.41) is 29.2. The van der Waals surface area contributed by atoms with E-state index in [0.29, 0.717) is 6.42 Å². The number of nitrogens with zero attached hydrogens (tertiary/aromatic N) is 2. The van der Waals surface area contributed by atoms with Gasteiger partial charge in [0.05, 0.1) is 18.0 Å². The largest absolute Gasteiger partial charge is 0.508 e. The minimum atomic E-state index is -0.347. The highest BCUT2D eigenvalue weighted by atomic mass is 16.5. The van der Waals surface area contributed by atoms with Crippen LogP contribution in [-0.2, 0) is 11.2 Å². The number of fused-ring (bicyclic) bond motifs is 3. The van der Waals surface area contributed by atoms with E-state index >= 15 is 0 Å². The first-order valence-electron chi connectivity index (χ1n) is 8.30. The predicted octanol–water partition coefficient (Wildman–Crippen LogP) is 3.73. The van der Waals surface area contributed by atoms with Gasteiger partial charge in [-0.2, -0.15) is 5.26 Å². The summed E-state index contributed by atoms with van der Waals surface area (Å²) in [7, 11) is 0. The molecule has 126 valence electrons. The summed E-state index contributed by atoms with van der Waals surface area (Å²) in [6.07, 6.45) is 7.18. The molecule has 2 heterocycles. The Morgan fingerprint density at radius 2 is 2.16 bits per heavy atom. The van der Waals surface area contributed by atoms with Crippen LogP contribution in [0.4, 0.5) is 0 Å². The van der Waals surface area contributed by atoms with E-state index in [-0.39, 0.29) is 24.4 Å². The molecule has 1 aliphatic carbocycles. The first kappa shape index (κ1) is 15.6. The second kappa shape index (κ2) is 6.15. The number of rotatable bonds is 3. The van der Waals surface area contributed by atoms with Crippen LogP contribution in [0.3, 0.4) is 0 Å². The van der Waals surface area contributed by atoms with Crippen molar-refractivity contribution in [3.8, 4) is 6.07 Å². The Bertz CT molecular complexity index is 973. The molecule has 0 saturated heterocycles. The van der Waals surface area contributed by atoms with Gasteiger partial charge in [0.25, 0.3) is 0 Å². The highest BCUT2D eigenvalue weighted by Gasteiger charge is 2.31. The standard InChI is InChI=1S/C20H18N2O3/c21-9-3-4-13-7-8-17-15(10-13)14-5-1-2-6-16(14)22(17)20-11-18(24)19(12-23)25-20/h1-6,10,20,23-24H,7-8,11-12H2/b4-3+/t20-/m1/s1. The predicted molar refractivity (Wildman–Crippen MR) is 94.5 cm³/mol. The average Bonchev–Trinajstić information content (AvgIpc) is 3.17. The summed E-state index contributed by atoms with van der Waals surface area (Å²) in [5.41, 5.74) is 4.47. The lowest BCUT2D eigenvalue weighted by Crippen LogP contribution is -2.13. The molecule has 2 N–H and O–H groups in total. The molecule has 0 unspecified atom stereocenters. The van der Waals surface area contributed by atoms with Gasteiger partial charge in [0, 0.05) is 22.7 Å². The molecule has 2 aliphatic rings. The van der Waals surface area contributed by atoms with Crippen molar-refractivity contribution in [2.24, 2.45) is 0 Å². The van der Waals surface area contributed by atoms with Crippen molar-refractivity contribution < 1.29 is 14.9 Å². The van der Waals surface area contributed by atoms with Crippen LogP contribution in [0.2, 0.25) is 0 Å². The maximum absolute atomic E-state index is 10.0. The van der Waals surface area contributed by atoms with E-state index in [1.807, 2.05) is 30.3 Å². The Kier molecular flexibility index (Phi) is 3.83. The van der Waals surface area contributed by atoms with Gasteiger partial charge in [-0.1, -0.05) is 18.2 Å². The van der Waals surface area contributed by atoms with Gasteiger partial charge >= 0.3 is 0 Å². The molecular weight excluding hydrogens is 316 g/mol. The Labute approximate surface area is 145 Å². The fraction of sp³-hybridized carbons (Fsp3) is 0.250. The van der Waals surface area contributed by atoms with Crippen LogP contribution in [0, 0.1) is 11.3 Å². The summed E-state index contributed by atoms with van der Waals surface area (Å²) in [4.78, 5) is 0. The minimum Gasteiger partial charge on any atom is -0.508 e. The Hall–Kier alpha value is -2.97. The van der Waals surface area contributed by atoms with E-state index in [1.165, 1.54) is 6.08 Å². The van der Waals surface area contributed by atoms with Crippen molar-refractivity contribution >= 4 is 17.0 Å². The zero-order valence-electron chi connectivity index (χ0n) is 13.6. The van der Waals surface area contributed by atoms with E-state index in [1.54, 1.807) is 0 Å². The molecule has 1 aromatic carbocycles. The number of benzene rings is 1. The first-order valence-corrected chi connectivity index (χ1v) is 8.30. The SMILES string of the molecule is N#C/C=C/C1=Cc2c(n([C@H]3CC(O)=C(CO)O3)c3ccccc23)CC1. The third-order valence-electron chi connectivity index (χ3n) is 4.81. The molecule has 4 rings (SSSR count). The summed E-state index contributed by atoms with van der Waals surface area (Å²) in [5.74, 6) is 0.364. The number of allylic oxidation sites excluding steroid dienone is 3. The molecule has 0 amide bonds. The van der Waals surface area contributed by atoms with Crippen molar-refractivity contribution in [3.05, 3.63) is 64.8 Å². The number of hydrogen-bond acceptors (Lipinski definition) is 4. The maximum Gasteiger partial charge on any atom is 0.183 e. The van der Waals surface area contributed by atoms with Crippen molar-refractivity contribution in [1.82, 2.24) is 4.57 Å². The van der Waals surface area contributed by atoms with Crippen LogP contribution in [0.1, 0.15) is 30.3 Å². The van der Waals surface area contributed by atoms with E-state index in [2.05, 4.69) is 16.7 Å². The molecule has 0 spiro atoms. The second-order valence-corrected chi connectivity index (χ2v) is 6.23. The van der Waals surface area contributed by atoms with E-state index in [0.717, 1.165) is 40.6 Å². The Morgan fingerprint density at radius 1 is 1.32 bits per heavy atom. The first-order chi connectivity index (χ1) is 12.2. The van der Waals surface area contributed by atoms with Gasteiger partial charge in [-0.15, -0.1) is 0 Å². The average molecular weight is 334 g/mol. The van der Waals surface area contributed by atoms with Gasteiger partial charge in [-0.3, -0.25) is 0 Å². The lowest BCUT2D eigenvalue weighted by molar-refractivity contribution is 0.0644. The summed E-state index contributed by atoms with van der Waals surface area (Å²) >= 11 is 0. The third kappa shape index (κ3) is 2.51. The van der Waals surface area contributed by atoms with Crippen LogP contribution < -0.4 is 0 Å². The number of aromatic nitrogens is 1. The van der Waals surface area contributed by atoms with Crippen LogP contribution in [0.15, 0.2) is 53.5 Å². The van der Waals surface area contributed by atoms with E-state index < -0.39 is 0 Å². The summed E-state index contributed by atoms with van der Waals surface area (Å²) in [6.45, 7) is -0.299. The van der Waals surface area contributed by atoms with E-state index in [4.69, 9.17) is 10.00 Å². The monoisotopic (exact) mass is 334 g/mol. The molecule has 0 bridgehead atoms. The second-order valence-electron chi connectivity index (χ2n) is 6.23. The van der Waals surface area contributed by atoms with Gasteiger partial charge in [-0.25, -0.2) is 0 Å². The van der Waals surface area contributed by atoms with Crippen LogP contribution in [0.5, 0.6) is 0 Å². The Balaban J connectivity index is 1.84. The lowest BCUT2D eigenvalue weighted by atomic mass is 9.95. The molecule has 5 heteroatoms. The zero-order valence-corrected chi connectivity index (χ0v) is 13.6. The van der Waals surface area contributed by atoms with Crippen LogP contribution in [-0.4, -0.2) is 21.4 Å². The molecule has 0 saturated carbocycles. The van der Waals surface area contributed by atoms with Crippen molar-refractivity contribution in [1.29, 1.82) is 5.26 Å². The van der Waals surface area contributed by atoms with Crippen molar-refractivity contribution in [2.75, 3.05) is 6.61 Å². The topological polar surface area (TPSA) is 78.4 Å². The van der Waals surface area contributed by atoms with Gasteiger partial charge in [-0.05, 0) is 36.6 Å². The van der Waals surface area contributed by atoms with Crippen LogP contribution >= 0.6 is 0 Å². The molecule has 1 aliphatic heterocycles. The number of para-hydroxylation sites is 1. The molecule has 0 radical (unpaired) electrons. The highest BCUT2D eigenvalue weighted by Crippen LogP contribution is 2.40. The summed E-state index contributed by atoms with van der Waals surface area (Å²) < 4.78 is 7.93. The van der Waals surface area contributed by atoms with Crippen molar-refractivity contribution in [3.63, 3.8) is 0 Å². The number of hydrogen-bond donors (Lipinski definition) is 2. The van der Waals surface area contributed by atoms with Gasteiger partial charge < -0.3 is 19.5 Å². The molecule has 1 aromatic heterocycles. The quantitative estimate of drug-likeness (QED) is 0.838. The lowest BCUT2D eigenvalue weighted by Gasteiger charge is -2.21. The van der Waals surface area contributed by atoms with Gasteiger partial charge in [0.15, 0.2) is 12.0 Å².